The summed E-state index contributed by atoms with van der Waals surface area (Å²) in [5.74, 6) is 0.513. The lowest BCUT2D eigenvalue weighted by atomic mass is 10.1. The van der Waals surface area contributed by atoms with Crippen LogP contribution in [0.3, 0.4) is 0 Å². The van der Waals surface area contributed by atoms with Gasteiger partial charge in [0.1, 0.15) is 5.82 Å². The number of nitrogen functional groups attached to an aromatic ring is 1. The smallest absolute Gasteiger partial charge is 0.124 e. The van der Waals surface area contributed by atoms with Gasteiger partial charge < -0.3 is 10.6 Å². The van der Waals surface area contributed by atoms with E-state index in [1.54, 1.807) is 6.07 Å². The molecule has 6 nitrogen and oxygen atoms in total. The SMILES string of the molecule is Nc1ccc2ncc(-c3cnn(CCCN4CCCC4)c3)cc2n1. The fraction of sp³-hybridized carbons (Fsp3) is 0.389. The molecule has 1 saturated heterocycles. The summed E-state index contributed by atoms with van der Waals surface area (Å²) in [5, 5.41) is 4.48. The zero-order valence-electron chi connectivity index (χ0n) is 13.7. The van der Waals surface area contributed by atoms with E-state index in [0.29, 0.717) is 5.82 Å². The van der Waals surface area contributed by atoms with Crippen LogP contribution in [0.4, 0.5) is 5.82 Å². The lowest BCUT2D eigenvalue weighted by Gasteiger charge is -2.13. The number of aromatic nitrogens is 4. The van der Waals surface area contributed by atoms with Crippen molar-refractivity contribution in [3.8, 4) is 11.1 Å². The van der Waals surface area contributed by atoms with Crippen LogP contribution < -0.4 is 5.73 Å². The van der Waals surface area contributed by atoms with Crippen molar-refractivity contribution in [1.29, 1.82) is 0 Å². The summed E-state index contributed by atoms with van der Waals surface area (Å²) >= 11 is 0. The Hall–Kier alpha value is -2.47. The van der Waals surface area contributed by atoms with Crippen LogP contribution in [0.15, 0.2) is 36.8 Å². The first-order valence-electron chi connectivity index (χ1n) is 8.55. The lowest BCUT2D eigenvalue weighted by Crippen LogP contribution is -2.21. The summed E-state index contributed by atoms with van der Waals surface area (Å²) in [6.07, 6.45) is 9.67. The van der Waals surface area contributed by atoms with Crippen LogP contribution in [-0.2, 0) is 6.54 Å². The number of nitrogens with two attached hydrogens (primary N) is 1. The van der Waals surface area contributed by atoms with Crippen LogP contribution in [-0.4, -0.2) is 44.3 Å². The van der Waals surface area contributed by atoms with Crippen molar-refractivity contribution >= 4 is 16.9 Å². The first kappa shape index (κ1) is 15.1. The monoisotopic (exact) mass is 322 g/mol. The van der Waals surface area contributed by atoms with Gasteiger partial charge in [0.05, 0.1) is 17.2 Å². The van der Waals surface area contributed by atoms with Crippen LogP contribution in [0, 0.1) is 0 Å². The molecule has 0 aromatic carbocycles. The van der Waals surface area contributed by atoms with Crippen LogP contribution in [0.5, 0.6) is 0 Å². The Morgan fingerprint density at radius 3 is 2.75 bits per heavy atom. The maximum Gasteiger partial charge on any atom is 0.124 e. The van der Waals surface area contributed by atoms with E-state index in [0.717, 1.165) is 41.7 Å². The molecule has 2 N–H and O–H groups in total. The Kier molecular flexibility index (Phi) is 4.13. The molecule has 1 aliphatic rings. The second-order valence-electron chi connectivity index (χ2n) is 6.39. The maximum atomic E-state index is 5.76. The van der Waals surface area contributed by atoms with Crippen LogP contribution >= 0.6 is 0 Å². The van der Waals surface area contributed by atoms with Gasteiger partial charge in [-0.1, -0.05) is 0 Å². The van der Waals surface area contributed by atoms with Crippen LogP contribution in [0.1, 0.15) is 19.3 Å². The summed E-state index contributed by atoms with van der Waals surface area (Å²) < 4.78 is 2.02. The number of rotatable bonds is 5. The molecule has 0 saturated carbocycles. The van der Waals surface area contributed by atoms with Crippen molar-refractivity contribution in [2.45, 2.75) is 25.8 Å². The van der Waals surface area contributed by atoms with Gasteiger partial charge in [-0.05, 0) is 57.1 Å². The molecular weight excluding hydrogens is 300 g/mol. The van der Waals surface area contributed by atoms with E-state index in [1.807, 2.05) is 29.2 Å². The molecule has 1 aliphatic heterocycles. The predicted octanol–water partition coefficient (Wildman–Crippen LogP) is 2.56. The Morgan fingerprint density at radius 1 is 1.00 bits per heavy atom. The standard InChI is InChI=1S/C18H22N6/c19-18-5-4-16-17(22-18)10-14(11-20-16)15-12-21-24(13-15)9-3-8-23-6-1-2-7-23/h4-5,10-13H,1-3,6-9H2,(H2,19,22). The highest BCUT2D eigenvalue weighted by Crippen LogP contribution is 2.22. The minimum atomic E-state index is 0.513. The maximum absolute atomic E-state index is 5.76. The molecule has 0 bridgehead atoms. The van der Waals surface area contributed by atoms with Crippen molar-refractivity contribution in [2.75, 3.05) is 25.4 Å². The molecule has 4 heterocycles. The number of anilines is 1. The van der Waals surface area contributed by atoms with Crippen molar-refractivity contribution in [3.63, 3.8) is 0 Å². The number of pyridine rings is 2. The minimum absolute atomic E-state index is 0.513. The highest BCUT2D eigenvalue weighted by Gasteiger charge is 2.11. The highest BCUT2D eigenvalue weighted by atomic mass is 15.3. The Labute approximate surface area is 141 Å². The zero-order chi connectivity index (χ0) is 16.4. The molecule has 1 fully saturated rings. The quantitative estimate of drug-likeness (QED) is 0.781. The van der Waals surface area contributed by atoms with Crippen molar-refractivity contribution in [3.05, 3.63) is 36.8 Å². The number of fused-ring (bicyclic) bond motifs is 1. The van der Waals surface area contributed by atoms with Gasteiger partial charge in [0.2, 0.25) is 0 Å². The topological polar surface area (TPSA) is 72.9 Å². The fourth-order valence-electron chi connectivity index (χ4n) is 3.28. The molecule has 124 valence electrons. The molecule has 3 aromatic rings. The van der Waals surface area contributed by atoms with Gasteiger partial charge in [-0.25, -0.2) is 4.98 Å². The first-order valence-corrected chi connectivity index (χ1v) is 8.55. The Morgan fingerprint density at radius 2 is 1.88 bits per heavy atom. The summed E-state index contributed by atoms with van der Waals surface area (Å²) in [6, 6.07) is 5.68. The van der Waals surface area contributed by atoms with Gasteiger partial charge in [-0.2, -0.15) is 5.10 Å². The van der Waals surface area contributed by atoms with Gasteiger partial charge in [-0.3, -0.25) is 9.67 Å². The van der Waals surface area contributed by atoms with E-state index in [-0.39, 0.29) is 0 Å². The number of nitrogens with zero attached hydrogens (tertiary/aromatic N) is 5. The zero-order valence-corrected chi connectivity index (χ0v) is 13.7. The number of aryl methyl sites for hydroxylation is 1. The molecule has 0 atom stereocenters. The molecule has 0 unspecified atom stereocenters. The molecule has 0 amide bonds. The normalized spacial score (nSPS) is 15.3. The molecule has 24 heavy (non-hydrogen) atoms. The van der Waals surface area contributed by atoms with Crippen LogP contribution in [0.2, 0.25) is 0 Å². The Bertz CT molecular complexity index is 834. The largest absolute Gasteiger partial charge is 0.384 e. The average molecular weight is 322 g/mol. The fourth-order valence-corrected chi connectivity index (χ4v) is 3.28. The van der Waals surface area contributed by atoms with E-state index in [2.05, 4.69) is 26.2 Å². The number of hydrogen-bond acceptors (Lipinski definition) is 5. The van der Waals surface area contributed by atoms with Gasteiger partial charge >= 0.3 is 0 Å². The third kappa shape index (κ3) is 3.23. The van der Waals surface area contributed by atoms with E-state index < -0.39 is 0 Å². The van der Waals surface area contributed by atoms with Gasteiger partial charge in [0, 0.05) is 30.1 Å². The number of likely N-dealkylation sites (tertiary alicyclic amines) is 1. The molecule has 0 aliphatic carbocycles. The van der Waals surface area contributed by atoms with Gasteiger partial charge in [-0.15, -0.1) is 0 Å². The molecule has 3 aromatic heterocycles. The average Bonchev–Trinajstić information content (AvgIpc) is 3.26. The van der Waals surface area contributed by atoms with E-state index in [4.69, 9.17) is 5.73 Å². The first-order chi connectivity index (χ1) is 11.8. The second-order valence-corrected chi connectivity index (χ2v) is 6.39. The molecule has 6 heteroatoms. The molecule has 0 spiro atoms. The van der Waals surface area contributed by atoms with E-state index in [9.17, 15) is 0 Å². The second kappa shape index (κ2) is 6.57. The van der Waals surface area contributed by atoms with Crippen LogP contribution in [0.25, 0.3) is 22.2 Å². The summed E-state index contributed by atoms with van der Waals surface area (Å²) in [7, 11) is 0. The summed E-state index contributed by atoms with van der Waals surface area (Å²) in [6.45, 7) is 4.62. The predicted molar refractivity (Wildman–Crippen MR) is 95.5 cm³/mol. The third-order valence-corrected chi connectivity index (χ3v) is 4.59. The van der Waals surface area contributed by atoms with Gasteiger partial charge in [0.25, 0.3) is 0 Å². The lowest BCUT2D eigenvalue weighted by molar-refractivity contribution is 0.322. The molecule has 0 radical (unpaired) electrons. The Balaban J connectivity index is 1.45. The third-order valence-electron chi connectivity index (χ3n) is 4.59. The van der Waals surface area contributed by atoms with Crippen molar-refractivity contribution < 1.29 is 0 Å². The highest BCUT2D eigenvalue weighted by molar-refractivity contribution is 5.80. The van der Waals surface area contributed by atoms with Gasteiger partial charge in [0.15, 0.2) is 0 Å². The molecule has 4 rings (SSSR count). The van der Waals surface area contributed by atoms with Crippen molar-refractivity contribution in [2.24, 2.45) is 0 Å². The summed E-state index contributed by atoms with van der Waals surface area (Å²) in [4.78, 5) is 11.3. The van der Waals surface area contributed by atoms with Crippen molar-refractivity contribution in [1.82, 2.24) is 24.6 Å². The number of hydrogen-bond donors (Lipinski definition) is 1. The summed E-state index contributed by atoms with van der Waals surface area (Å²) in [5.41, 5.74) is 9.52. The minimum Gasteiger partial charge on any atom is -0.384 e. The molecular formula is C18H22N6. The van der Waals surface area contributed by atoms with E-state index in [1.165, 1.54) is 25.9 Å². The van der Waals surface area contributed by atoms with E-state index >= 15 is 0 Å².